The van der Waals surface area contributed by atoms with Crippen LogP contribution in [-0.2, 0) is 14.3 Å². The lowest BCUT2D eigenvalue weighted by atomic mass is 10.1. The van der Waals surface area contributed by atoms with Gasteiger partial charge in [-0.15, -0.1) is 0 Å². The van der Waals surface area contributed by atoms with Crippen molar-refractivity contribution in [3.63, 3.8) is 0 Å². The van der Waals surface area contributed by atoms with Crippen molar-refractivity contribution in [3.05, 3.63) is 0 Å². The molecule has 0 atom stereocenters. The van der Waals surface area contributed by atoms with Gasteiger partial charge in [-0.25, -0.2) is 0 Å². The maximum absolute atomic E-state index is 11.1. The van der Waals surface area contributed by atoms with E-state index in [9.17, 15) is 8.42 Å². The standard InChI is InChI=1S/C14H30O4S.H3N/c1-2-3-4-5-6-7-8-9-10-11-13-18-19(16,17)14-12-15;/h15H,2-14H2,1H3;1H3/p+1. The first kappa shape index (κ1) is 22.1. The van der Waals surface area contributed by atoms with Crippen LogP contribution in [0.2, 0.25) is 0 Å². The lowest BCUT2D eigenvalue weighted by Gasteiger charge is -2.04. The first-order valence-corrected chi connectivity index (χ1v) is 9.18. The molecule has 0 aromatic rings. The number of unbranched alkanes of at least 4 members (excludes halogenated alkanes) is 9. The Morgan fingerprint density at radius 1 is 0.850 bits per heavy atom. The van der Waals surface area contributed by atoms with Gasteiger partial charge in [-0.3, -0.25) is 4.18 Å². The summed E-state index contributed by atoms with van der Waals surface area (Å²) in [5.41, 5.74) is 0. The Hall–Kier alpha value is -0.170. The molecular weight excluding hydrogens is 278 g/mol. The molecule has 0 bridgehead atoms. The van der Waals surface area contributed by atoms with Crippen molar-refractivity contribution < 1.29 is 17.7 Å². The van der Waals surface area contributed by atoms with Gasteiger partial charge in [-0.05, 0) is 6.42 Å². The van der Waals surface area contributed by atoms with Crippen molar-refractivity contribution in [2.75, 3.05) is 19.0 Å². The van der Waals surface area contributed by atoms with Gasteiger partial charge in [0.1, 0.15) is 0 Å². The van der Waals surface area contributed by atoms with Crippen molar-refractivity contribution in [3.8, 4) is 0 Å². The van der Waals surface area contributed by atoms with Gasteiger partial charge in [-0.2, -0.15) is 8.42 Å². The van der Waals surface area contributed by atoms with E-state index in [0.717, 1.165) is 19.3 Å². The van der Waals surface area contributed by atoms with Gasteiger partial charge >= 0.3 is 0 Å². The third-order valence-corrected chi connectivity index (χ3v) is 4.31. The Bertz CT molecular complexity index is 281. The van der Waals surface area contributed by atoms with Crippen LogP contribution in [0.15, 0.2) is 0 Å². The van der Waals surface area contributed by atoms with Gasteiger partial charge in [0.2, 0.25) is 0 Å². The molecule has 0 rings (SSSR count). The normalized spacial score (nSPS) is 11.3. The molecule has 0 aromatic heterocycles. The van der Waals surface area contributed by atoms with Crippen LogP contribution in [0.25, 0.3) is 0 Å². The molecule has 0 aromatic carbocycles. The predicted octanol–water partition coefficient (Wildman–Crippen LogP) is 3.62. The average molecular weight is 312 g/mol. The summed E-state index contributed by atoms with van der Waals surface area (Å²) in [4.78, 5) is 0. The minimum atomic E-state index is -3.49. The minimum absolute atomic E-state index is 0. The van der Waals surface area contributed by atoms with Gasteiger partial charge < -0.3 is 11.3 Å². The Balaban J connectivity index is 0. The molecule has 0 saturated heterocycles. The molecule has 0 aliphatic carbocycles. The van der Waals surface area contributed by atoms with E-state index in [1.807, 2.05) is 0 Å². The highest BCUT2D eigenvalue weighted by molar-refractivity contribution is 7.86. The van der Waals surface area contributed by atoms with Crippen LogP contribution in [-0.4, -0.2) is 32.5 Å². The van der Waals surface area contributed by atoms with Crippen LogP contribution in [0.4, 0.5) is 0 Å². The Labute approximate surface area is 124 Å². The zero-order valence-corrected chi connectivity index (χ0v) is 14.1. The minimum Gasteiger partial charge on any atom is -0.395 e. The van der Waals surface area contributed by atoms with Crippen molar-refractivity contribution in [2.24, 2.45) is 0 Å². The lowest BCUT2D eigenvalue weighted by molar-refractivity contribution is 0.285. The molecule has 5 N–H and O–H groups in total. The molecule has 0 amide bonds. The Morgan fingerprint density at radius 2 is 1.30 bits per heavy atom. The molecule has 0 aliphatic rings. The van der Waals surface area contributed by atoms with Gasteiger partial charge in [0.05, 0.1) is 19.0 Å². The molecule has 0 heterocycles. The molecule has 0 aliphatic heterocycles. The fourth-order valence-electron chi connectivity index (χ4n) is 1.95. The largest absolute Gasteiger partial charge is 0.395 e. The molecule has 20 heavy (non-hydrogen) atoms. The van der Waals surface area contributed by atoms with Crippen LogP contribution in [0.5, 0.6) is 0 Å². The highest BCUT2D eigenvalue weighted by Crippen LogP contribution is 2.10. The smallest absolute Gasteiger partial charge is 0.269 e. The quantitative estimate of drug-likeness (QED) is 0.378. The number of aliphatic hydroxyl groups excluding tert-OH is 1. The van der Waals surface area contributed by atoms with Crippen LogP contribution in [0, 0.1) is 0 Å². The fourth-order valence-corrected chi connectivity index (χ4v) is 2.66. The number of hydrogen-bond acceptors (Lipinski definition) is 4. The molecule has 0 radical (unpaired) electrons. The van der Waals surface area contributed by atoms with Gasteiger partial charge in [0, 0.05) is 0 Å². The summed E-state index contributed by atoms with van der Waals surface area (Å²) in [5.74, 6) is -0.301. The second kappa shape index (κ2) is 15.2. The fraction of sp³-hybridized carbons (Fsp3) is 1.00. The van der Waals surface area contributed by atoms with Crippen molar-refractivity contribution >= 4 is 10.1 Å². The van der Waals surface area contributed by atoms with Crippen LogP contribution < -0.4 is 6.15 Å². The second-order valence-electron chi connectivity index (χ2n) is 4.99. The molecule has 124 valence electrons. The van der Waals surface area contributed by atoms with E-state index in [2.05, 4.69) is 6.92 Å². The summed E-state index contributed by atoms with van der Waals surface area (Å²) < 4.78 is 27.0. The molecule has 6 heteroatoms. The Kier molecular flexibility index (Phi) is 16.8. The third-order valence-electron chi connectivity index (χ3n) is 3.10. The zero-order chi connectivity index (χ0) is 14.4. The van der Waals surface area contributed by atoms with Crippen LogP contribution in [0.1, 0.15) is 71.1 Å². The van der Waals surface area contributed by atoms with E-state index in [0.29, 0.717) is 0 Å². The summed E-state index contributed by atoms with van der Waals surface area (Å²) in [6.45, 7) is 2.10. The monoisotopic (exact) mass is 312 g/mol. The zero-order valence-electron chi connectivity index (χ0n) is 13.3. The van der Waals surface area contributed by atoms with Crippen LogP contribution >= 0.6 is 0 Å². The molecule has 0 fully saturated rings. The topological polar surface area (TPSA) is 100 Å². The van der Waals surface area contributed by atoms with Gasteiger partial charge in [0.25, 0.3) is 10.1 Å². The summed E-state index contributed by atoms with van der Waals surface area (Å²) >= 11 is 0. The number of aliphatic hydroxyl groups is 1. The molecule has 0 saturated carbocycles. The summed E-state index contributed by atoms with van der Waals surface area (Å²) in [5, 5.41) is 8.52. The van der Waals surface area contributed by atoms with Crippen LogP contribution in [0.3, 0.4) is 0 Å². The van der Waals surface area contributed by atoms with Crippen molar-refractivity contribution in [2.45, 2.75) is 71.1 Å². The number of quaternary nitrogens is 1. The SMILES string of the molecule is CCCCCCCCCCCCOS(=O)(=O)CCO.[NH4+]. The molecular formula is C14H34NO4S+. The lowest BCUT2D eigenvalue weighted by Crippen LogP contribution is -2.14. The average Bonchev–Trinajstić information content (AvgIpc) is 2.36. The van der Waals surface area contributed by atoms with E-state index in [1.54, 1.807) is 0 Å². The van der Waals surface area contributed by atoms with E-state index >= 15 is 0 Å². The first-order valence-electron chi connectivity index (χ1n) is 7.60. The van der Waals surface area contributed by atoms with E-state index < -0.39 is 10.1 Å². The maximum atomic E-state index is 11.1. The summed E-state index contributed by atoms with van der Waals surface area (Å²) in [6, 6.07) is 0. The predicted molar refractivity (Wildman–Crippen MR) is 84.7 cm³/mol. The maximum Gasteiger partial charge on any atom is 0.269 e. The Morgan fingerprint density at radius 3 is 1.75 bits per heavy atom. The highest BCUT2D eigenvalue weighted by atomic mass is 32.2. The number of rotatable bonds is 14. The first-order chi connectivity index (χ1) is 9.12. The summed E-state index contributed by atoms with van der Waals surface area (Å²) in [6.07, 6.45) is 12.1. The summed E-state index contributed by atoms with van der Waals surface area (Å²) in [7, 11) is -3.49. The van der Waals surface area contributed by atoms with E-state index in [-0.39, 0.29) is 25.1 Å². The van der Waals surface area contributed by atoms with Crippen molar-refractivity contribution in [1.82, 2.24) is 6.15 Å². The van der Waals surface area contributed by atoms with E-state index in [4.69, 9.17) is 9.29 Å². The highest BCUT2D eigenvalue weighted by Gasteiger charge is 2.08. The second-order valence-corrected chi connectivity index (χ2v) is 6.75. The van der Waals surface area contributed by atoms with Crippen molar-refractivity contribution in [1.29, 1.82) is 0 Å². The van der Waals surface area contributed by atoms with E-state index in [1.165, 1.54) is 44.9 Å². The molecule has 0 spiro atoms. The molecule has 5 nitrogen and oxygen atoms in total. The third kappa shape index (κ3) is 15.9. The van der Waals surface area contributed by atoms with Gasteiger partial charge in [0.15, 0.2) is 0 Å². The molecule has 0 unspecified atom stereocenters. The van der Waals surface area contributed by atoms with Gasteiger partial charge in [-0.1, -0.05) is 64.7 Å². The number of hydrogen-bond donors (Lipinski definition) is 2.